The molecular formula is C8H20OSi. The van der Waals surface area contributed by atoms with Gasteiger partial charge in [-0.15, -0.1) is 0 Å². The average molecular weight is 160 g/mol. The summed E-state index contributed by atoms with van der Waals surface area (Å²) in [6.07, 6.45) is 2.58. The van der Waals surface area contributed by atoms with Crippen LogP contribution in [0, 0.1) is 11.8 Å². The molecule has 0 saturated carbocycles. The van der Waals surface area contributed by atoms with Crippen molar-refractivity contribution in [3.63, 3.8) is 0 Å². The first-order valence-electron chi connectivity index (χ1n) is 4.15. The monoisotopic (exact) mass is 160 g/mol. The molecule has 0 N–H and O–H groups in total. The maximum absolute atomic E-state index is 5.13. The molecule has 0 rings (SSSR count). The van der Waals surface area contributed by atoms with Gasteiger partial charge >= 0.3 is 0 Å². The zero-order valence-corrected chi connectivity index (χ0v) is 9.68. The Labute approximate surface area is 67.7 Å². The van der Waals surface area contributed by atoms with E-state index in [1.165, 1.54) is 12.8 Å². The molecule has 62 valence electrons. The Kier molecular flexibility index (Phi) is 6.03. The third kappa shape index (κ3) is 6.30. The van der Waals surface area contributed by atoms with E-state index >= 15 is 0 Å². The SMILES string of the molecule is CC(C)CC(C)CCO[SiH3]. The molecule has 0 radical (unpaired) electrons. The van der Waals surface area contributed by atoms with Gasteiger partial charge in [0.1, 0.15) is 10.5 Å². The Morgan fingerprint density at radius 3 is 2.30 bits per heavy atom. The lowest BCUT2D eigenvalue weighted by Crippen LogP contribution is -2.03. The number of hydrogen-bond donors (Lipinski definition) is 0. The van der Waals surface area contributed by atoms with Crippen molar-refractivity contribution in [3.8, 4) is 0 Å². The molecule has 0 bridgehead atoms. The van der Waals surface area contributed by atoms with Crippen LogP contribution < -0.4 is 0 Å². The molecule has 0 saturated heterocycles. The zero-order chi connectivity index (χ0) is 7.98. The van der Waals surface area contributed by atoms with Crippen LogP contribution in [0.2, 0.25) is 0 Å². The normalized spacial score (nSPS) is 14.4. The number of rotatable bonds is 5. The van der Waals surface area contributed by atoms with Crippen LogP contribution in [-0.2, 0) is 4.43 Å². The van der Waals surface area contributed by atoms with Gasteiger partial charge in [-0.25, -0.2) is 0 Å². The highest BCUT2D eigenvalue weighted by molar-refractivity contribution is 5.97. The van der Waals surface area contributed by atoms with Crippen molar-refractivity contribution in [1.82, 2.24) is 0 Å². The molecule has 0 aromatic rings. The predicted octanol–water partition coefficient (Wildman–Crippen LogP) is 1.36. The van der Waals surface area contributed by atoms with Crippen LogP contribution in [0.5, 0.6) is 0 Å². The smallest absolute Gasteiger partial charge is 0.145 e. The highest BCUT2D eigenvalue weighted by Gasteiger charge is 2.03. The molecule has 0 amide bonds. The largest absolute Gasteiger partial charge is 0.428 e. The van der Waals surface area contributed by atoms with Gasteiger partial charge in [0.25, 0.3) is 0 Å². The lowest BCUT2D eigenvalue weighted by Gasteiger charge is -2.12. The van der Waals surface area contributed by atoms with Crippen molar-refractivity contribution in [2.45, 2.75) is 33.6 Å². The molecule has 1 nitrogen and oxygen atoms in total. The molecule has 0 heterocycles. The summed E-state index contributed by atoms with van der Waals surface area (Å²) >= 11 is 0. The molecule has 1 atom stereocenters. The molecular weight excluding hydrogens is 140 g/mol. The molecule has 0 spiro atoms. The molecule has 0 fully saturated rings. The van der Waals surface area contributed by atoms with Crippen molar-refractivity contribution in [2.24, 2.45) is 11.8 Å². The van der Waals surface area contributed by atoms with E-state index in [0.29, 0.717) is 0 Å². The van der Waals surface area contributed by atoms with Crippen molar-refractivity contribution in [2.75, 3.05) is 6.61 Å². The van der Waals surface area contributed by atoms with Crippen LogP contribution in [0.25, 0.3) is 0 Å². The van der Waals surface area contributed by atoms with E-state index in [0.717, 1.165) is 28.9 Å². The second-order valence-electron chi connectivity index (χ2n) is 3.52. The fourth-order valence-corrected chi connectivity index (χ4v) is 1.48. The summed E-state index contributed by atoms with van der Waals surface area (Å²) in [5, 5.41) is 0. The summed E-state index contributed by atoms with van der Waals surface area (Å²) in [5.41, 5.74) is 0. The molecule has 0 aromatic heterocycles. The van der Waals surface area contributed by atoms with E-state index in [-0.39, 0.29) is 0 Å². The van der Waals surface area contributed by atoms with Gasteiger partial charge < -0.3 is 4.43 Å². The minimum absolute atomic E-state index is 0.837. The Morgan fingerprint density at radius 2 is 1.90 bits per heavy atom. The van der Waals surface area contributed by atoms with Gasteiger partial charge in [0.05, 0.1) is 0 Å². The van der Waals surface area contributed by atoms with Gasteiger partial charge in [-0.2, -0.15) is 0 Å². The summed E-state index contributed by atoms with van der Waals surface area (Å²) in [7, 11) is 0.893. The molecule has 0 aliphatic carbocycles. The third-order valence-electron chi connectivity index (χ3n) is 1.69. The Hall–Kier alpha value is 0.177. The van der Waals surface area contributed by atoms with Crippen molar-refractivity contribution in [1.29, 1.82) is 0 Å². The van der Waals surface area contributed by atoms with Gasteiger partial charge in [-0.1, -0.05) is 20.8 Å². The van der Waals surface area contributed by atoms with Gasteiger partial charge in [0, 0.05) is 6.61 Å². The van der Waals surface area contributed by atoms with Crippen LogP contribution >= 0.6 is 0 Å². The van der Waals surface area contributed by atoms with Gasteiger partial charge in [-0.05, 0) is 24.7 Å². The van der Waals surface area contributed by atoms with Crippen LogP contribution in [0.1, 0.15) is 33.6 Å². The van der Waals surface area contributed by atoms with E-state index < -0.39 is 0 Å². The van der Waals surface area contributed by atoms with Gasteiger partial charge in [0.2, 0.25) is 0 Å². The standard InChI is InChI=1S/C8H20OSi/c1-7(2)6-8(3)4-5-9-10/h7-8H,4-6H2,1-3,10H3. The van der Waals surface area contributed by atoms with E-state index in [4.69, 9.17) is 4.43 Å². The van der Waals surface area contributed by atoms with E-state index in [9.17, 15) is 0 Å². The number of hydrogen-bond acceptors (Lipinski definition) is 1. The van der Waals surface area contributed by atoms with Crippen molar-refractivity contribution in [3.05, 3.63) is 0 Å². The van der Waals surface area contributed by atoms with Crippen molar-refractivity contribution < 1.29 is 4.43 Å². The third-order valence-corrected chi connectivity index (χ3v) is 2.10. The molecule has 2 heteroatoms. The summed E-state index contributed by atoms with van der Waals surface area (Å²) in [6.45, 7) is 7.83. The maximum Gasteiger partial charge on any atom is 0.145 e. The summed E-state index contributed by atoms with van der Waals surface area (Å²) in [5.74, 6) is 1.68. The molecule has 0 aliphatic rings. The van der Waals surface area contributed by atoms with Crippen molar-refractivity contribution >= 4 is 10.5 Å². The summed E-state index contributed by atoms with van der Waals surface area (Å²) < 4.78 is 5.13. The lowest BCUT2D eigenvalue weighted by molar-refractivity contribution is 0.289. The van der Waals surface area contributed by atoms with E-state index in [2.05, 4.69) is 20.8 Å². The van der Waals surface area contributed by atoms with Gasteiger partial charge in [-0.3, -0.25) is 0 Å². The zero-order valence-electron chi connectivity index (χ0n) is 7.68. The fraction of sp³-hybridized carbons (Fsp3) is 1.00. The van der Waals surface area contributed by atoms with Crippen LogP contribution in [0.15, 0.2) is 0 Å². The lowest BCUT2D eigenvalue weighted by atomic mass is 9.97. The minimum Gasteiger partial charge on any atom is -0.428 e. The highest BCUT2D eigenvalue weighted by Crippen LogP contribution is 2.13. The Balaban J connectivity index is 3.16. The fourth-order valence-electron chi connectivity index (χ4n) is 1.24. The second kappa shape index (κ2) is 5.92. The van der Waals surface area contributed by atoms with Crippen LogP contribution in [0.3, 0.4) is 0 Å². The average Bonchev–Trinajstić information content (AvgIpc) is 1.82. The maximum atomic E-state index is 5.13. The minimum atomic E-state index is 0.837. The summed E-state index contributed by atoms with van der Waals surface area (Å²) in [6, 6.07) is 0. The molecule has 10 heavy (non-hydrogen) atoms. The first-order valence-corrected chi connectivity index (χ1v) is 4.97. The first-order chi connectivity index (χ1) is 4.66. The molecule has 0 aromatic carbocycles. The first kappa shape index (κ1) is 10.2. The van der Waals surface area contributed by atoms with Gasteiger partial charge in [0.15, 0.2) is 0 Å². The Bertz CT molecular complexity index is 73.7. The second-order valence-corrected chi connectivity index (χ2v) is 4.09. The predicted molar refractivity (Wildman–Crippen MR) is 49.1 cm³/mol. The van der Waals surface area contributed by atoms with E-state index in [1.54, 1.807) is 0 Å². The highest BCUT2D eigenvalue weighted by atomic mass is 28.2. The quantitative estimate of drug-likeness (QED) is 0.552. The topological polar surface area (TPSA) is 9.23 Å². The molecule has 1 unspecified atom stereocenters. The Morgan fingerprint density at radius 1 is 1.30 bits per heavy atom. The van der Waals surface area contributed by atoms with Crippen LogP contribution in [0.4, 0.5) is 0 Å². The van der Waals surface area contributed by atoms with E-state index in [1.807, 2.05) is 0 Å². The van der Waals surface area contributed by atoms with Crippen LogP contribution in [-0.4, -0.2) is 17.1 Å². The molecule has 0 aliphatic heterocycles. The summed E-state index contributed by atoms with van der Waals surface area (Å²) in [4.78, 5) is 0.